The summed E-state index contributed by atoms with van der Waals surface area (Å²) in [5.74, 6) is -0.147. The smallest absolute Gasteiger partial charge is 0.309 e. The van der Waals surface area contributed by atoms with Crippen molar-refractivity contribution >= 4 is 28.3 Å². The van der Waals surface area contributed by atoms with Gasteiger partial charge in [-0.15, -0.1) is 0 Å². The quantitative estimate of drug-likeness (QED) is 0.642. The van der Waals surface area contributed by atoms with E-state index in [0.717, 1.165) is 16.3 Å². The van der Waals surface area contributed by atoms with Gasteiger partial charge in [-0.05, 0) is 36.1 Å². The van der Waals surface area contributed by atoms with Gasteiger partial charge in [0.25, 0.3) is 5.91 Å². The molecule has 0 aliphatic heterocycles. The van der Waals surface area contributed by atoms with Crippen molar-refractivity contribution in [1.82, 2.24) is 0 Å². The van der Waals surface area contributed by atoms with Gasteiger partial charge in [0.15, 0.2) is 6.61 Å². The number of aryl methyl sites for hydroxylation is 1. The molecule has 138 valence electrons. The van der Waals surface area contributed by atoms with Gasteiger partial charge in [-0.1, -0.05) is 48.5 Å². The van der Waals surface area contributed by atoms with Crippen LogP contribution in [-0.2, 0) is 14.3 Å². The summed E-state index contributed by atoms with van der Waals surface area (Å²) in [6.07, 6.45) is 0.0789. The largest absolute Gasteiger partial charge is 0.493 e. The number of carbonyl (C=O) groups excluding carboxylic acids is 2. The average molecular weight is 363 g/mol. The van der Waals surface area contributed by atoms with E-state index in [0.29, 0.717) is 11.4 Å². The van der Waals surface area contributed by atoms with Gasteiger partial charge in [-0.3, -0.25) is 9.59 Å². The maximum absolute atomic E-state index is 12.1. The van der Waals surface area contributed by atoms with E-state index in [4.69, 9.17) is 9.47 Å². The van der Waals surface area contributed by atoms with Crippen LogP contribution in [0, 0.1) is 6.92 Å². The molecule has 0 aliphatic rings. The van der Waals surface area contributed by atoms with Gasteiger partial charge in [0, 0.05) is 11.1 Å². The van der Waals surface area contributed by atoms with Gasteiger partial charge in [0.2, 0.25) is 0 Å². The molecule has 0 spiro atoms. The third-order valence-electron chi connectivity index (χ3n) is 3.99. The first-order valence-corrected chi connectivity index (χ1v) is 8.74. The SMILES string of the molecule is Cc1cccc(OCCC(=O)OCC(=O)Nc2cccc3ccccc23)c1. The van der Waals surface area contributed by atoms with E-state index in [1.165, 1.54) is 0 Å². The Labute approximate surface area is 157 Å². The van der Waals surface area contributed by atoms with E-state index in [1.54, 1.807) is 0 Å². The minimum absolute atomic E-state index is 0.0789. The Morgan fingerprint density at radius 1 is 0.963 bits per heavy atom. The molecule has 0 fully saturated rings. The first kappa shape index (κ1) is 18.5. The summed E-state index contributed by atoms with van der Waals surface area (Å²) in [4.78, 5) is 23.9. The van der Waals surface area contributed by atoms with E-state index in [1.807, 2.05) is 73.7 Å². The van der Waals surface area contributed by atoms with Crippen molar-refractivity contribution < 1.29 is 19.1 Å². The van der Waals surface area contributed by atoms with Crippen molar-refractivity contribution in [3.63, 3.8) is 0 Å². The summed E-state index contributed by atoms with van der Waals surface area (Å²) in [7, 11) is 0. The number of anilines is 1. The normalized spacial score (nSPS) is 10.4. The molecule has 0 unspecified atom stereocenters. The summed E-state index contributed by atoms with van der Waals surface area (Å²) >= 11 is 0. The van der Waals surface area contributed by atoms with Gasteiger partial charge in [0.1, 0.15) is 5.75 Å². The highest BCUT2D eigenvalue weighted by Gasteiger charge is 2.10. The number of hydrogen-bond donors (Lipinski definition) is 1. The number of fused-ring (bicyclic) bond motifs is 1. The van der Waals surface area contributed by atoms with Crippen LogP contribution in [0.15, 0.2) is 66.7 Å². The molecule has 3 aromatic rings. The van der Waals surface area contributed by atoms with Crippen molar-refractivity contribution in [3.8, 4) is 5.75 Å². The molecule has 0 bridgehead atoms. The molecule has 1 amide bonds. The first-order chi connectivity index (χ1) is 13.1. The molecule has 5 nitrogen and oxygen atoms in total. The third kappa shape index (κ3) is 5.31. The lowest BCUT2D eigenvalue weighted by molar-refractivity contribution is -0.147. The van der Waals surface area contributed by atoms with Gasteiger partial charge in [-0.25, -0.2) is 0 Å². The van der Waals surface area contributed by atoms with Crippen molar-refractivity contribution in [2.75, 3.05) is 18.5 Å². The number of carbonyl (C=O) groups is 2. The Kier molecular flexibility index (Phi) is 6.05. The van der Waals surface area contributed by atoms with Crippen molar-refractivity contribution in [1.29, 1.82) is 0 Å². The van der Waals surface area contributed by atoms with Crippen LogP contribution in [0.1, 0.15) is 12.0 Å². The summed E-state index contributed by atoms with van der Waals surface area (Å²) < 4.78 is 10.5. The number of hydrogen-bond acceptors (Lipinski definition) is 4. The summed E-state index contributed by atoms with van der Waals surface area (Å²) in [5.41, 5.74) is 1.78. The second kappa shape index (κ2) is 8.85. The Balaban J connectivity index is 1.44. The second-order valence-electron chi connectivity index (χ2n) is 6.15. The molecule has 0 atom stereocenters. The highest BCUT2D eigenvalue weighted by molar-refractivity contribution is 6.02. The minimum Gasteiger partial charge on any atom is -0.493 e. The van der Waals surface area contributed by atoms with E-state index in [-0.39, 0.29) is 25.5 Å². The lowest BCUT2D eigenvalue weighted by Crippen LogP contribution is -2.21. The third-order valence-corrected chi connectivity index (χ3v) is 3.99. The molecule has 0 saturated heterocycles. The number of nitrogens with one attached hydrogen (secondary N) is 1. The molecule has 1 N–H and O–H groups in total. The summed E-state index contributed by atoms with van der Waals surface area (Å²) in [5, 5.41) is 4.75. The van der Waals surface area contributed by atoms with Crippen LogP contribution in [0.2, 0.25) is 0 Å². The maximum atomic E-state index is 12.1. The lowest BCUT2D eigenvalue weighted by Gasteiger charge is -2.10. The predicted octanol–water partition coefficient (Wildman–Crippen LogP) is 4.10. The Hall–Kier alpha value is -3.34. The molecular formula is C22H21NO4. The standard InChI is InChI=1S/C22H21NO4/c1-16-6-4-9-18(14-16)26-13-12-22(25)27-15-21(24)23-20-11-5-8-17-7-2-3-10-19(17)20/h2-11,14H,12-13,15H2,1H3,(H,23,24). The van der Waals surface area contributed by atoms with Crippen molar-refractivity contribution in [3.05, 3.63) is 72.3 Å². The number of benzene rings is 3. The molecule has 3 aromatic carbocycles. The molecular weight excluding hydrogens is 342 g/mol. The fourth-order valence-corrected chi connectivity index (χ4v) is 2.70. The monoisotopic (exact) mass is 363 g/mol. The highest BCUT2D eigenvalue weighted by Crippen LogP contribution is 2.22. The Bertz CT molecular complexity index is 946. The van der Waals surface area contributed by atoms with E-state index < -0.39 is 5.97 Å². The number of rotatable bonds is 7. The van der Waals surface area contributed by atoms with E-state index >= 15 is 0 Å². The molecule has 0 radical (unpaired) electrons. The first-order valence-electron chi connectivity index (χ1n) is 8.74. The van der Waals surface area contributed by atoms with Crippen LogP contribution in [0.3, 0.4) is 0 Å². The zero-order chi connectivity index (χ0) is 19.1. The second-order valence-corrected chi connectivity index (χ2v) is 6.15. The van der Waals surface area contributed by atoms with E-state index in [9.17, 15) is 9.59 Å². The van der Waals surface area contributed by atoms with E-state index in [2.05, 4.69) is 5.32 Å². The van der Waals surface area contributed by atoms with Crippen LogP contribution in [-0.4, -0.2) is 25.1 Å². The van der Waals surface area contributed by atoms with Crippen molar-refractivity contribution in [2.24, 2.45) is 0 Å². The molecule has 0 saturated carbocycles. The molecule has 27 heavy (non-hydrogen) atoms. The van der Waals surface area contributed by atoms with Crippen LogP contribution < -0.4 is 10.1 Å². The zero-order valence-electron chi connectivity index (χ0n) is 15.1. The fourth-order valence-electron chi connectivity index (χ4n) is 2.70. The van der Waals surface area contributed by atoms with Gasteiger partial charge in [0.05, 0.1) is 13.0 Å². The van der Waals surface area contributed by atoms with Crippen LogP contribution in [0.5, 0.6) is 5.75 Å². The van der Waals surface area contributed by atoms with Crippen molar-refractivity contribution in [2.45, 2.75) is 13.3 Å². The van der Waals surface area contributed by atoms with Crippen LogP contribution >= 0.6 is 0 Å². The maximum Gasteiger partial charge on any atom is 0.309 e. The number of amides is 1. The molecule has 5 heteroatoms. The van der Waals surface area contributed by atoms with Crippen LogP contribution in [0.4, 0.5) is 5.69 Å². The van der Waals surface area contributed by atoms with Gasteiger partial charge >= 0.3 is 5.97 Å². The number of ether oxygens (including phenoxy) is 2. The predicted molar refractivity (Wildman–Crippen MR) is 105 cm³/mol. The highest BCUT2D eigenvalue weighted by atomic mass is 16.5. The van der Waals surface area contributed by atoms with Crippen LogP contribution in [0.25, 0.3) is 10.8 Å². The zero-order valence-corrected chi connectivity index (χ0v) is 15.1. The minimum atomic E-state index is -0.476. The Morgan fingerprint density at radius 3 is 2.59 bits per heavy atom. The molecule has 3 rings (SSSR count). The Morgan fingerprint density at radius 2 is 1.74 bits per heavy atom. The van der Waals surface area contributed by atoms with Gasteiger partial charge in [-0.2, -0.15) is 0 Å². The summed E-state index contributed by atoms with van der Waals surface area (Å²) in [6.45, 7) is 1.84. The molecule has 0 aromatic heterocycles. The fraction of sp³-hybridized carbons (Fsp3) is 0.182. The number of esters is 1. The molecule has 0 aliphatic carbocycles. The summed E-state index contributed by atoms with van der Waals surface area (Å²) in [6, 6.07) is 21.0. The molecule has 0 heterocycles. The average Bonchev–Trinajstić information content (AvgIpc) is 2.67. The topological polar surface area (TPSA) is 64.6 Å². The lowest BCUT2D eigenvalue weighted by atomic mass is 10.1. The van der Waals surface area contributed by atoms with Gasteiger partial charge < -0.3 is 14.8 Å².